The molecular formula is C10H15N3O. The highest BCUT2D eigenvalue weighted by Crippen LogP contribution is 2.14. The van der Waals surface area contributed by atoms with E-state index in [0.29, 0.717) is 0 Å². The Morgan fingerprint density at radius 2 is 2.71 bits per heavy atom. The van der Waals surface area contributed by atoms with Crippen molar-refractivity contribution >= 4 is 0 Å². The maximum Gasteiger partial charge on any atom is 0.0730 e. The molecule has 1 aromatic heterocycles. The van der Waals surface area contributed by atoms with E-state index in [9.17, 15) is 0 Å². The lowest BCUT2D eigenvalue weighted by Crippen LogP contribution is -2.35. The Kier molecular flexibility index (Phi) is 2.96. The second-order valence-electron chi connectivity index (χ2n) is 3.31. The van der Waals surface area contributed by atoms with Gasteiger partial charge in [0.25, 0.3) is 0 Å². The van der Waals surface area contributed by atoms with Crippen LogP contribution in [-0.2, 0) is 11.3 Å². The third-order valence-corrected chi connectivity index (χ3v) is 2.33. The van der Waals surface area contributed by atoms with Crippen molar-refractivity contribution in [1.29, 1.82) is 0 Å². The van der Waals surface area contributed by atoms with Crippen molar-refractivity contribution in [2.24, 2.45) is 0 Å². The Balaban J connectivity index is 2.12. The van der Waals surface area contributed by atoms with Crippen LogP contribution in [-0.4, -0.2) is 29.5 Å². The molecule has 0 radical (unpaired) electrons. The average Bonchev–Trinajstić information content (AvgIpc) is 2.68. The summed E-state index contributed by atoms with van der Waals surface area (Å²) in [6, 6.07) is 2.29. The molecule has 1 atom stereocenters. The molecule has 1 unspecified atom stereocenters. The second-order valence-corrected chi connectivity index (χ2v) is 3.31. The van der Waals surface area contributed by atoms with Crippen LogP contribution in [0.4, 0.5) is 0 Å². The van der Waals surface area contributed by atoms with E-state index in [1.807, 2.05) is 23.0 Å². The quantitative estimate of drug-likeness (QED) is 0.719. The highest BCUT2D eigenvalue weighted by atomic mass is 16.5. The zero-order valence-corrected chi connectivity index (χ0v) is 8.15. The van der Waals surface area contributed by atoms with Gasteiger partial charge in [0.2, 0.25) is 0 Å². The Hall–Kier alpha value is -1.13. The van der Waals surface area contributed by atoms with Gasteiger partial charge in [0, 0.05) is 12.7 Å². The third kappa shape index (κ3) is 1.86. The van der Waals surface area contributed by atoms with Gasteiger partial charge in [-0.2, -0.15) is 5.10 Å². The SMILES string of the molecule is C=CCn1nccc1C1COCCN1. The van der Waals surface area contributed by atoms with E-state index in [0.717, 1.165) is 26.3 Å². The number of ether oxygens (including phenoxy) is 1. The van der Waals surface area contributed by atoms with Crippen molar-refractivity contribution < 1.29 is 4.74 Å². The molecule has 76 valence electrons. The van der Waals surface area contributed by atoms with E-state index < -0.39 is 0 Å². The van der Waals surface area contributed by atoms with Crippen LogP contribution in [0.15, 0.2) is 24.9 Å². The minimum Gasteiger partial charge on any atom is -0.378 e. The van der Waals surface area contributed by atoms with Crippen LogP contribution in [0.1, 0.15) is 11.7 Å². The lowest BCUT2D eigenvalue weighted by molar-refractivity contribution is 0.0742. The van der Waals surface area contributed by atoms with Crippen LogP contribution in [0.5, 0.6) is 0 Å². The number of nitrogens with one attached hydrogen (secondary N) is 1. The number of hydrogen-bond acceptors (Lipinski definition) is 3. The Morgan fingerprint density at radius 1 is 1.79 bits per heavy atom. The summed E-state index contributed by atoms with van der Waals surface area (Å²) in [5.74, 6) is 0. The lowest BCUT2D eigenvalue weighted by Gasteiger charge is -2.24. The van der Waals surface area contributed by atoms with Crippen molar-refractivity contribution in [3.63, 3.8) is 0 Å². The molecule has 4 heteroatoms. The second kappa shape index (κ2) is 4.39. The number of aromatic nitrogens is 2. The molecule has 14 heavy (non-hydrogen) atoms. The Labute approximate surface area is 83.6 Å². The molecule has 0 spiro atoms. The van der Waals surface area contributed by atoms with E-state index >= 15 is 0 Å². The molecule has 0 bridgehead atoms. The largest absolute Gasteiger partial charge is 0.378 e. The molecule has 2 heterocycles. The normalized spacial score (nSPS) is 22.1. The number of allylic oxidation sites excluding steroid dienone is 1. The highest BCUT2D eigenvalue weighted by Gasteiger charge is 2.18. The predicted molar refractivity (Wildman–Crippen MR) is 54.0 cm³/mol. The van der Waals surface area contributed by atoms with Crippen molar-refractivity contribution in [1.82, 2.24) is 15.1 Å². The highest BCUT2D eigenvalue weighted by molar-refractivity contribution is 5.08. The van der Waals surface area contributed by atoms with Crippen molar-refractivity contribution in [2.45, 2.75) is 12.6 Å². The summed E-state index contributed by atoms with van der Waals surface area (Å²) in [6.45, 7) is 6.89. The Morgan fingerprint density at radius 3 is 3.43 bits per heavy atom. The first-order valence-electron chi connectivity index (χ1n) is 4.85. The van der Waals surface area contributed by atoms with Crippen LogP contribution in [0, 0.1) is 0 Å². The van der Waals surface area contributed by atoms with E-state index in [1.54, 1.807) is 0 Å². The molecule has 1 aliphatic heterocycles. The molecule has 0 aliphatic carbocycles. The zero-order chi connectivity index (χ0) is 9.80. The fourth-order valence-corrected chi connectivity index (χ4v) is 1.67. The van der Waals surface area contributed by atoms with E-state index in [1.165, 1.54) is 5.69 Å². The van der Waals surface area contributed by atoms with Crippen LogP contribution in [0.2, 0.25) is 0 Å². The van der Waals surface area contributed by atoms with E-state index in [2.05, 4.69) is 17.0 Å². The molecular weight excluding hydrogens is 178 g/mol. The third-order valence-electron chi connectivity index (χ3n) is 2.33. The summed E-state index contributed by atoms with van der Waals surface area (Å²) >= 11 is 0. The number of hydrogen-bond donors (Lipinski definition) is 1. The number of rotatable bonds is 3. The summed E-state index contributed by atoms with van der Waals surface area (Å²) in [7, 11) is 0. The maximum absolute atomic E-state index is 5.41. The molecule has 1 aliphatic rings. The molecule has 1 N–H and O–H groups in total. The first-order chi connectivity index (χ1) is 6.92. The van der Waals surface area contributed by atoms with Gasteiger partial charge in [-0.15, -0.1) is 6.58 Å². The van der Waals surface area contributed by atoms with Crippen molar-refractivity contribution in [3.05, 3.63) is 30.6 Å². The predicted octanol–water partition coefficient (Wildman–Crippen LogP) is 0.730. The maximum atomic E-state index is 5.41. The average molecular weight is 193 g/mol. The zero-order valence-electron chi connectivity index (χ0n) is 8.15. The number of nitrogens with zero attached hydrogens (tertiary/aromatic N) is 2. The standard InChI is InChI=1S/C10H15N3O/c1-2-6-13-10(3-4-12-13)9-8-14-7-5-11-9/h2-4,9,11H,1,5-8H2. The van der Waals surface area contributed by atoms with Gasteiger partial charge in [-0.05, 0) is 6.07 Å². The van der Waals surface area contributed by atoms with Crippen LogP contribution in [0.25, 0.3) is 0 Å². The van der Waals surface area contributed by atoms with Gasteiger partial charge in [0.15, 0.2) is 0 Å². The van der Waals surface area contributed by atoms with Gasteiger partial charge < -0.3 is 10.1 Å². The van der Waals surface area contributed by atoms with Crippen LogP contribution < -0.4 is 5.32 Å². The molecule has 4 nitrogen and oxygen atoms in total. The van der Waals surface area contributed by atoms with Gasteiger partial charge >= 0.3 is 0 Å². The lowest BCUT2D eigenvalue weighted by atomic mass is 10.2. The van der Waals surface area contributed by atoms with Gasteiger partial charge in [-0.3, -0.25) is 4.68 Å². The molecule has 0 saturated carbocycles. The summed E-state index contributed by atoms with van der Waals surface area (Å²) in [6.07, 6.45) is 3.66. The molecule has 1 fully saturated rings. The smallest absolute Gasteiger partial charge is 0.0730 e. The first kappa shape index (κ1) is 9.43. The minimum atomic E-state index is 0.270. The fraction of sp³-hybridized carbons (Fsp3) is 0.500. The van der Waals surface area contributed by atoms with Gasteiger partial charge in [0.1, 0.15) is 0 Å². The summed E-state index contributed by atoms with van der Waals surface area (Å²) in [5, 5.41) is 7.63. The summed E-state index contributed by atoms with van der Waals surface area (Å²) in [5.41, 5.74) is 1.17. The Bertz CT molecular complexity index is 302. The first-order valence-corrected chi connectivity index (χ1v) is 4.85. The topological polar surface area (TPSA) is 39.1 Å². The molecule has 1 saturated heterocycles. The van der Waals surface area contributed by atoms with Crippen LogP contribution >= 0.6 is 0 Å². The molecule has 0 aromatic carbocycles. The van der Waals surface area contributed by atoms with Gasteiger partial charge in [-0.25, -0.2) is 0 Å². The number of morpholine rings is 1. The summed E-state index contributed by atoms with van der Waals surface area (Å²) in [4.78, 5) is 0. The summed E-state index contributed by atoms with van der Waals surface area (Å²) < 4.78 is 7.35. The molecule has 0 amide bonds. The van der Waals surface area contributed by atoms with Gasteiger partial charge in [-0.1, -0.05) is 6.08 Å². The van der Waals surface area contributed by atoms with E-state index in [4.69, 9.17) is 4.74 Å². The van der Waals surface area contributed by atoms with E-state index in [-0.39, 0.29) is 6.04 Å². The van der Waals surface area contributed by atoms with Crippen molar-refractivity contribution in [3.8, 4) is 0 Å². The molecule has 1 aromatic rings. The van der Waals surface area contributed by atoms with Gasteiger partial charge in [0.05, 0.1) is 31.5 Å². The monoisotopic (exact) mass is 193 g/mol. The fourth-order valence-electron chi connectivity index (χ4n) is 1.67. The van der Waals surface area contributed by atoms with Crippen molar-refractivity contribution in [2.75, 3.05) is 19.8 Å². The minimum absolute atomic E-state index is 0.270. The molecule has 2 rings (SSSR count). The van der Waals surface area contributed by atoms with Crippen LogP contribution in [0.3, 0.4) is 0 Å².